The summed E-state index contributed by atoms with van der Waals surface area (Å²) in [7, 11) is 0. The predicted molar refractivity (Wildman–Crippen MR) is 36.7 cm³/mol. The second-order valence-electron chi connectivity index (χ2n) is 3.01. The second kappa shape index (κ2) is 1.93. The molecular weight excluding hydrogens is 96.1 g/mol. The Kier molecular flexibility index (Phi) is 1.41. The molecule has 0 aromatic rings. The lowest BCUT2D eigenvalue weighted by Crippen LogP contribution is -2.23. The average molecular weight is 110 g/mol. The maximum absolute atomic E-state index is 3.93. The summed E-state index contributed by atoms with van der Waals surface area (Å²) in [5.41, 5.74) is 1.38. The first-order valence-electron chi connectivity index (χ1n) is 3.37. The van der Waals surface area contributed by atoms with Crippen molar-refractivity contribution < 1.29 is 0 Å². The first-order valence-corrected chi connectivity index (χ1v) is 3.37. The molecule has 0 bridgehead atoms. The molecular formula is C8H14. The monoisotopic (exact) mass is 110 g/mol. The van der Waals surface area contributed by atoms with E-state index >= 15 is 0 Å². The maximum atomic E-state index is 3.93. The summed E-state index contributed by atoms with van der Waals surface area (Å²) < 4.78 is 0. The van der Waals surface area contributed by atoms with Crippen molar-refractivity contribution in [3.8, 4) is 0 Å². The van der Waals surface area contributed by atoms with Crippen LogP contribution in [0.2, 0.25) is 0 Å². The van der Waals surface area contributed by atoms with Crippen molar-refractivity contribution in [2.24, 2.45) is 11.8 Å². The van der Waals surface area contributed by atoms with Crippen LogP contribution in [0.25, 0.3) is 0 Å². The van der Waals surface area contributed by atoms with Gasteiger partial charge in [-0.05, 0) is 31.6 Å². The minimum Gasteiger partial charge on any atom is -0.0999 e. The van der Waals surface area contributed by atoms with E-state index in [1.165, 1.54) is 18.4 Å². The van der Waals surface area contributed by atoms with Gasteiger partial charge in [-0.3, -0.25) is 0 Å². The van der Waals surface area contributed by atoms with Crippen LogP contribution >= 0.6 is 0 Å². The summed E-state index contributed by atoms with van der Waals surface area (Å²) in [6.07, 6.45) is 2.80. The summed E-state index contributed by atoms with van der Waals surface area (Å²) >= 11 is 0. The molecule has 1 rings (SSSR count). The van der Waals surface area contributed by atoms with Crippen molar-refractivity contribution >= 4 is 0 Å². The molecule has 0 aromatic carbocycles. The Bertz CT molecular complexity index is 103. The first-order chi connectivity index (χ1) is 3.72. The highest BCUT2D eigenvalue weighted by atomic mass is 14.3. The van der Waals surface area contributed by atoms with E-state index in [9.17, 15) is 0 Å². The summed E-state index contributed by atoms with van der Waals surface area (Å²) in [5, 5.41) is 0. The van der Waals surface area contributed by atoms with Crippen LogP contribution in [0, 0.1) is 11.8 Å². The lowest BCUT2D eigenvalue weighted by molar-refractivity contribution is 0.238. The van der Waals surface area contributed by atoms with E-state index < -0.39 is 0 Å². The fourth-order valence-corrected chi connectivity index (χ4v) is 1.40. The molecule has 0 unspecified atom stereocenters. The van der Waals surface area contributed by atoms with Crippen LogP contribution in [0.3, 0.4) is 0 Å². The molecule has 0 N–H and O–H groups in total. The van der Waals surface area contributed by atoms with Gasteiger partial charge in [-0.1, -0.05) is 19.1 Å². The van der Waals surface area contributed by atoms with Crippen LogP contribution < -0.4 is 0 Å². The zero-order chi connectivity index (χ0) is 6.15. The number of hydrogen-bond donors (Lipinski definition) is 0. The summed E-state index contributed by atoms with van der Waals surface area (Å²) in [6.45, 7) is 8.38. The van der Waals surface area contributed by atoms with Gasteiger partial charge >= 0.3 is 0 Å². The lowest BCUT2D eigenvalue weighted by Gasteiger charge is -2.34. The van der Waals surface area contributed by atoms with Crippen molar-refractivity contribution in [2.75, 3.05) is 0 Å². The largest absolute Gasteiger partial charge is 0.0999 e. The van der Waals surface area contributed by atoms with Crippen molar-refractivity contribution in [2.45, 2.75) is 26.7 Å². The Morgan fingerprint density at radius 3 is 2.12 bits per heavy atom. The van der Waals surface area contributed by atoms with Gasteiger partial charge in [-0.15, -0.1) is 0 Å². The van der Waals surface area contributed by atoms with Gasteiger partial charge in [0.25, 0.3) is 0 Å². The van der Waals surface area contributed by atoms with E-state index in [1.54, 1.807) is 0 Å². The van der Waals surface area contributed by atoms with Crippen LogP contribution in [-0.4, -0.2) is 0 Å². The molecule has 0 aromatic heterocycles. The molecule has 46 valence electrons. The number of hydrogen-bond acceptors (Lipinski definition) is 0. The molecule has 1 aliphatic rings. The minimum absolute atomic E-state index is 0.856. The third kappa shape index (κ3) is 0.795. The fourth-order valence-electron chi connectivity index (χ4n) is 1.40. The lowest BCUT2D eigenvalue weighted by atomic mass is 9.72. The predicted octanol–water partition coefficient (Wildman–Crippen LogP) is 2.61. The third-order valence-corrected chi connectivity index (χ3v) is 2.25. The van der Waals surface area contributed by atoms with Gasteiger partial charge in [0.15, 0.2) is 0 Å². The van der Waals surface area contributed by atoms with E-state index in [1.807, 2.05) is 0 Å². The van der Waals surface area contributed by atoms with Crippen LogP contribution in [0.5, 0.6) is 0 Å². The van der Waals surface area contributed by atoms with Crippen LogP contribution in [0.1, 0.15) is 26.7 Å². The molecule has 0 saturated heterocycles. The van der Waals surface area contributed by atoms with Gasteiger partial charge in [0, 0.05) is 0 Å². The highest BCUT2D eigenvalue weighted by Gasteiger charge is 2.26. The third-order valence-electron chi connectivity index (χ3n) is 2.25. The van der Waals surface area contributed by atoms with E-state index in [0.29, 0.717) is 0 Å². The fraction of sp³-hybridized carbons (Fsp3) is 0.750. The molecule has 0 nitrogen and oxygen atoms in total. The second-order valence-corrected chi connectivity index (χ2v) is 3.01. The Morgan fingerprint density at radius 1 is 1.50 bits per heavy atom. The van der Waals surface area contributed by atoms with E-state index in [2.05, 4.69) is 20.4 Å². The van der Waals surface area contributed by atoms with Gasteiger partial charge in [-0.25, -0.2) is 0 Å². The SMILES string of the molecule is C=C(C)[C@H]1CC[C@H]1C. The van der Waals surface area contributed by atoms with Crippen molar-refractivity contribution in [3.63, 3.8) is 0 Å². The molecule has 0 heteroatoms. The molecule has 0 amide bonds. The highest BCUT2D eigenvalue weighted by Crippen LogP contribution is 2.37. The molecule has 1 saturated carbocycles. The smallest absolute Gasteiger partial charge is 0.0183 e. The first kappa shape index (κ1) is 5.87. The van der Waals surface area contributed by atoms with Crippen LogP contribution in [-0.2, 0) is 0 Å². The van der Waals surface area contributed by atoms with Gasteiger partial charge < -0.3 is 0 Å². The summed E-state index contributed by atoms with van der Waals surface area (Å²) in [5.74, 6) is 1.78. The Hall–Kier alpha value is -0.260. The van der Waals surface area contributed by atoms with E-state index in [0.717, 1.165) is 11.8 Å². The Balaban J connectivity index is 2.37. The molecule has 0 spiro atoms. The van der Waals surface area contributed by atoms with Gasteiger partial charge in [-0.2, -0.15) is 0 Å². The van der Waals surface area contributed by atoms with E-state index in [-0.39, 0.29) is 0 Å². The van der Waals surface area contributed by atoms with Crippen molar-refractivity contribution in [1.29, 1.82) is 0 Å². The normalized spacial score (nSPS) is 36.2. The summed E-state index contributed by atoms with van der Waals surface area (Å²) in [6, 6.07) is 0. The Labute approximate surface area is 51.6 Å². The zero-order valence-electron chi connectivity index (χ0n) is 5.78. The highest BCUT2D eigenvalue weighted by molar-refractivity contribution is 5.02. The van der Waals surface area contributed by atoms with Crippen molar-refractivity contribution in [3.05, 3.63) is 12.2 Å². The maximum Gasteiger partial charge on any atom is -0.0183 e. The molecule has 0 aliphatic heterocycles. The van der Waals surface area contributed by atoms with Gasteiger partial charge in [0.2, 0.25) is 0 Å². The molecule has 1 aliphatic carbocycles. The van der Waals surface area contributed by atoms with Crippen LogP contribution in [0.4, 0.5) is 0 Å². The molecule has 2 atom stereocenters. The molecule has 0 heterocycles. The zero-order valence-corrected chi connectivity index (χ0v) is 5.78. The van der Waals surface area contributed by atoms with Crippen molar-refractivity contribution in [1.82, 2.24) is 0 Å². The Morgan fingerprint density at radius 2 is 2.12 bits per heavy atom. The van der Waals surface area contributed by atoms with Crippen LogP contribution in [0.15, 0.2) is 12.2 Å². The van der Waals surface area contributed by atoms with Gasteiger partial charge in [0.1, 0.15) is 0 Å². The number of rotatable bonds is 1. The topological polar surface area (TPSA) is 0 Å². The average Bonchev–Trinajstić information content (AvgIpc) is 1.61. The minimum atomic E-state index is 0.856. The quantitative estimate of drug-likeness (QED) is 0.455. The molecule has 0 radical (unpaired) electrons. The molecule has 8 heavy (non-hydrogen) atoms. The standard InChI is InChI=1S/C8H14/c1-6(2)8-5-4-7(8)3/h7-8H,1,4-5H2,2-3H3/t7-,8-/m1/s1. The summed E-state index contributed by atoms with van der Waals surface area (Å²) in [4.78, 5) is 0. The molecule has 1 fully saturated rings. The van der Waals surface area contributed by atoms with Gasteiger partial charge in [0.05, 0.1) is 0 Å². The van der Waals surface area contributed by atoms with E-state index in [4.69, 9.17) is 0 Å². The number of allylic oxidation sites excluding steroid dienone is 1.